The first-order chi connectivity index (χ1) is 11.9. The van der Waals surface area contributed by atoms with Crippen molar-refractivity contribution in [1.82, 2.24) is 18.7 Å². The van der Waals surface area contributed by atoms with Crippen molar-refractivity contribution in [1.29, 1.82) is 0 Å². The lowest BCUT2D eigenvalue weighted by atomic mass is 9.91. The summed E-state index contributed by atoms with van der Waals surface area (Å²) >= 11 is 0. The standard InChI is InChI=1S/C17H24N6O3/c1-9-10(2)23-12-13(20(6)16(26)21(7)14(12)25)18-15(23)22(19-9)8-11(24)17(3,4)5/h10H,8H2,1-7H3/t10-/m0/s1. The highest BCUT2D eigenvalue weighted by atomic mass is 16.2. The molecule has 2 aromatic heterocycles. The molecule has 0 unspecified atom stereocenters. The maximum absolute atomic E-state index is 12.7. The Labute approximate surface area is 150 Å². The van der Waals surface area contributed by atoms with Crippen molar-refractivity contribution in [3.63, 3.8) is 0 Å². The highest BCUT2D eigenvalue weighted by Crippen LogP contribution is 2.30. The molecule has 0 saturated heterocycles. The van der Waals surface area contributed by atoms with Gasteiger partial charge in [0.1, 0.15) is 6.54 Å². The first kappa shape index (κ1) is 18.1. The highest BCUT2D eigenvalue weighted by Gasteiger charge is 2.33. The Balaban J connectivity index is 2.29. The van der Waals surface area contributed by atoms with Crippen molar-refractivity contribution >= 4 is 28.6 Å². The zero-order valence-corrected chi connectivity index (χ0v) is 16.2. The Morgan fingerprint density at radius 2 is 1.77 bits per heavy atom. The number of ketones is 1. The van der Waals surface area contributed by atoms with Gasteiger partial charge in [-0.3, -0.25) is 23.3 Å². The Kier molecular flexibility index (Phi) is 3.93. The molecule has 9 heteroatoms. The largest absolute Gasteiger partial charge is 0.332 e. The van der Waals surface area contributed by atoms with Crippen molar-refractivity contribution in [2.45, 2.75) is 40.7 Å². The van der Waals surface area contributed by atoms with E-state index in [1.165, 1.54) is 16.6 Å². The fourth-order valence-electron chi connectivity index (χ4n) is 2.94. The lowest BCUT2D eigenvalue weighted by molar-refractivity contribution is -0.124. The maximum atomic E-state index is 12.7. The van der Waals surface area contributed by atoms with E-state index in [0.717, 1.165) is 10.3 Å². The molecule has 3 heterocycles. The van der Waals surface area contributed by atoms with Crippen LogP contribution in [0.1, 0.15) is 40.7 Å². The minimum atomic E-state index is -0.522. The number of anilines is 1. The van der Waals surface area contributed by atoms with Gasteiger partial charge in [-0.25, -0.2) is 9.80 Å². The molecule has 9 nitrogen and oxygen atoms in total. The third-order valence-corrected chi connectivity index (χ3v) is 4.90. The number of hydrogen-bond donors (Lipinski definition) is 0. The second-order valence-corrected chi connectivity index (χ2v) is 7.81. The van der Waals surface area contributed by atoms with E-state index >= 15 is 0 Å². The molecule has 140 valence electrons. The number of aromatic nitrogens is 4. The summed E-state index contributed by atoms with van der Waals surface area (Å²) in [7, 11) is 3.02. The first-order valence-electron chi connectivity index (χ1n) is 8.49. The quantitative estimate of drug-likeness (QED) is 0.790. The molecule has 0 spiro atoms. The number of fused-ring (bicyclic) bond motifs is 3. The Morgan fingerprint density at radius 1 is 1.15 bits per heavy atom. The monoisotopic (exact) mass is 360 g/mol. The van der Waals surface area contributed by atoms with Crippen LogP contribution in [0.25, 0.3) is 11.2 Å². The van der Waals surface area contributed by atoms with Crippen molar-refractivity contribution < 1.29 is 4.79 Å². The summed E-state index contributed by atoms with van der Waals surface area (Å²) in [4.78, 5) is 42.0. The van der Waals surface area contributed by atoms with Crippen molar-refractivity contribution in [3.8, 4) is 0 Å². The highest BCUT2D eigenvalue weighted by molar-refractivity contribution is 5.93. The minimum absolute atomic E-state index is 0.00370. The Morgan fingerprint density at radius 3 is 2.35 bits per heavy atom. The normalized spacial score (nSPS) is 17.4. The molecular formula is C17H24N6O3. The average molecular weight is 360 g/mol. The summed E-state index contributed by atoms with van der Waals surface area (Å²) in [5.41, 5.74) is 0.00450. The van der Waals surface area contributed by atoms with Gasteiger partial charge in [0.15, 0.2) is 16.9 Å². The lowest BCUT2D eigenvalue weighted by Gasteiger charge is -2.30. The number of hydrogen-bond acceptors (Lipinski definition) is 6. The summed E-state index contributed by atoms with van der Waals surface area (Å²) < 4.78 is 4.17. The van der Waals surface area contributed by atoms with Gasteiger partial charge in [0.2, 0.25) is 5.95 Å². The molecule has 0 aromatic carbocycles. The molecule has 0 amide bonds. The van der Waals surface area contributed by atoms with Gasteiger partial charge >= 0.3 is 5.69 Å². The third kappa shape index (κ3) is 2.49. The predicted octanol–water partition coefficient (Wildman–Crippen LogP) is 0.806. The van der Waals surface area contributed by atoms with E-state index in [-0.39, 0.29) is 24.0 Å². The van der Waals surface area contributed by atoms with E-state index in [1.54, 1.807) is 11.6 Å². The molecule has 1 aliphatic heterocycles. The van der Waals surface area contributed by atoms with Crippen LogP contribution in [0.3, 0.4) is 0 Å². The van der Waals surface area contributed by atoms with Crippen LogP contribution in [0.4, 0.5) is 5.95 Å². The second-order valence-electron chi connectivity index (χ2n) is 7.81. The molecule has 26 heavy (non-hydrogen) atoms. The summed E-state index contributed by atoms with van der Waals surface area (Å²) in [6.45, 7) is 9.35. The molecule has 0 N–H and O–H groups in total. The fourth-order valence-corrected chi connectivity index (χ4v) is 2.94. The zero-order valence-electron chi connectivity index (χ0n) is 16.2. The van der Waals surface area contributed by atoms with Crippen molar-refractivity contribution in [2.24, 2.45) is 24.6 Å². The molecule has 0 radical (unpaired) electrons. The number of carbonyl (C=O) groups is 1. The molecule has 0 bridgehead atoms. The van der Waals surface area contributed by atoms with E-state index in [4.69, 9.17) is 0 Å². The lowest BCUT2D eigenvalue weighted by Crippen LogP contribution is -2.40. The van der Waals surface area contributed by atoms with Crippen LogP contribution in [0.2, 0.25) is 0 Å². The number of nitrogens with zero attached hydrogens (tertiary/aromatic N) is 6. The average Bonchev–Trinajstić information content (AvgIpc) is 2.95. The number of rotatable bonds is 2. The summed E-state index contributed by atoms with van der Waals surface area (Å²) in [5.74, 6) is 0.401. The number of aryl methyl sites for hydroxylation is 1. The van der Waals surface area contributed by atoms with E-state index in [0.29, 0.717) is 11.5 Å². The van der Waals surface area contributed by atoms with Crippen molar-refractivity contribution in [2.75, 3.05) is 11.6 Å². The van der Waals surface area contributed by atoms with Crippen LogP contribution < -0.4 is 16.3 Å². The summed E-state index contributed by atoms with van der Waals surface area (Å²) in [6, 6.07) is -0.207. The van der Waals surface area contributed by atoms with Crippen LogP contribution in [-0.4, -0.2) is 36.7 Å². The smallest absolute Gasteiger partial charge is 0.297 e. The van der Waals surface area contributed by atoms with Crippen LogP contribution in [0.5, 0.6) is 0 Å². The Bertz CT molecular complexity index is 1060. The molecule has 0 aliphatic carbocycles. The number of Topliss-reactive ketones (excluding diaryl/α,β-unsaturated/α-hetero) is 1. The SMILES string of the molecule is CC1=NN(CC(=O)C(C)(C)C)c2nc3c(c(=O)n(C)c(=O)n3C)n2[C@H]1C. The zero-order chi connectivity index (χ0) is 19.5. The topological polar surface area (TPSA) is 94.5 Å². The molecular weight excluding hydrogens is 336 g/mol. The van der Waals surface area contributed by atoms with Crippen LogP contribution >= 0.6 is 0 Å². The number of imidazole rings is 1. The predicted molar refractivity (Wildman–Crippen MR) is 99.8 cm³/mol. The van der Waals surface area contributed by atoms with Gasteiger partial charge < -0.3 is 0 Å². The molecule has 1 aliphatic rings. The van der Waals surface area contributed by atoms with Crippen LogP contribution in [0, 0.1) is 5.41 Å². The van der Waals surface area contributed by atoms with E-state index < -0.39 is 16.7 Å². The van der Waals surface area contributed by atoms with Crippen molar-refractivity contribution in [3.05, 3.63) is 20.8 Å². The molecule has 2 aromatic rings. The number of hydrazone groups is 1. The van der Waals surface area contributed by atoms with Gasteiger partial charge in [-0.05, 0) is 13.8 Å². The minimum Gasteiger partial charge on any atom is -0.297 e. The van der Waals surface area contributed by atoms with Gasteiger partial charge in [0.05, 0.1) is 11.8 Å². The molecule has 3 rings (SSSR count). The molecule has 0 fully saturated rings. The third-order valence-electron chi connectivity index (χ3n) is 4.90. The summed E-state index contributed by atoms with van der Waals surface area (Å²) in [6.07, 6.45) is 0. The second kappa shape index (κ2) is 5.65. The van der Waals surface area contributed by atoms with Gasteiger partial charge in [-0.1, -0.05) is 20.8 Å². The van der Waals surface area contributed by atoms with Gasteiger partial charge in [0.25, 0.3) is 5.56 Å². The van der Waals surface area contributed by atoms with E-state index in [9.17, 15) is 14.4 Å². The Hall–Kier alpha value is -2.71. The molecule has 1 atom stereocenters. The fraction of sp³-hybridized carbons (Fsp3) is 0.588. The first-order valence-corrected chi connectivity index (χ1v) is 8.49. The van der Waals surface area contributed by atoms with Crippen LogP contribution in [0.15, 0.2) is 14.7 Å². The maximum Gasteiger partial charge on any atom is 0.332 e. The molecule has 0 saturated carbocycles. The number of carbonyl (C=O) groups excluding carboxylic acids is 1. The van der Waals surface area contributed by atoms with E-state index in [2.05, 4.69) is 10.1 Å². The summed E-state index contributed by atoms with van der Waals surface area (Å²) in [5, 5.41) is 6.03. The van der Waals surface area contributed by atoms with Gasteiger partial charge in [-0.2, -0.15) is 10.1 Å². The van der Waals surface area contributed by atoms with E-state index in [1.807, 2.05) is 34.6 Å². The van der Waals surface area contributed by atoms with Gasteiger partial charge in [-0.15, -0.1) is 0 Å². The van der Waals surface area contributed by atoms with Gasteiger partial charge in [0, 0.05) is 19.5 Å². The van der Waals surface area contributed by atoms with Crippen LogP contribution in [-0.2, 0) is 18.9 Å².